The standard InChI is InChI=1S/C20H25N7O2S2/c1-3-31-20-24-16(26-9-11-29-12-10-26)15-13-23-27(17(15)25-20)8-7-21-18(28)14-5-4-6-22-19(14)30-2/h4-6,13H,3,7-12H2,1-2H3,(H,21,28). The van der Waals surface area contributed by atoms with Gasteiger partial charge in [0.15, 0.2) is 10.8 Å². The Morgan fingerprint density at radius 3 is 2.90 bits per heavy atom. The van der Waals surface area contributed by atoms with Crippen LogP contribution in [0.2, 0.25) is 0 Å². The third kappa shape index (κ3) is 4.94. The summed E-state index contributed by atoms with van der Waals surface area (Å²) in [5, 5.41) is 9.88. The largest absolute Gasteiger partial charge is 0.378 e. The molecular formula is C20H25N7O2S2. The van der Waals surface area contributed by atoms with Crippen LogP contribution in [0, 0.1) is 0 Å². The van der Waals surface area contributed by atoms with Gasteiger partial charge in [0, 0.05) is 25.8 Å². The van der Waals surface area contributed by atoms with Crippen LogP contribution in [0.4, 0.5) is 5.82 Å². The zero-order valence-corrected chi connectivity index (χ0v) is 19.2. The average molecular weight is 460 g/mol. The predicted molar refractivity (Wildman–Crippen MR) is 123 cm³/mol. The van der Waals surface area contributed by atoms with Gasteiger partial charge in [-0.2, -0.15) is 5.10 Å². The van der Waals surface area contributed by atoms with Gasteiger partial charge in [0.25, 0.3) is 5.91 Å². The Morgan fingerprint density at radius 2 is 2.13 bits per heavy atom. The first-order valence-electron chi connectivity index (χ1n) is 10.2. The molecule has 11 heteroatoms. The van der Waals surface area contributed by atoms with E-state index < -0.39 is 0 Å². The summed E-state index contributed by atoms with van der Waals surface area (Å²) in [6.45, 7) is 6.01. The zero-order valence-electron chi connectivity index (χ0n) is 17.6. The van der Waals surface area contributed by atoms with Crippen LogP contribution in [-0.4, -0.2) is 75.5 Å². The van der Waals surface area contributed by atoms with E-state index in [0.29, 0.717) is 36.9 Å². The van der Waals surface area contributed by atoms with E-state index in [1.165, 1.54) is 11.8 Å². The van der Waals surface area contributed by atoms with Crippen molar-refractivity contribution >= 4 is 46.3 Å². The minimum absolute atomic E-state index is 0.139. The lowest BCUT2D eigenvalue weighted by Crippen LogP contribution is -2.37. The van der Waals surface area contributed by atoms with E-state index >= 15 is 0 Å². The van der Waals surface area contributed by atoms with Crippen molar-refractivity contribution in [2.75, 3.05) is 49.8 Å². The number of ether oxygens (including phenoxy) is 1. The molecule has 0 spiro atoms. The van der Waals surface area contributed by atoms with Crippen LogP contribution in [0.25, 0.3) is 11.0 Å². The van der Waals surface area contributed by atoms with Crippen molar-refractivity contribution in [3.05, 3.63) is 30.1 Å². The highest BCUT2D eigenvalue weighted by Crippen LogP contribution is 2.27. The SMILES string of the molecule is CCSc1nc(N2CCOCC2)c2cnn(CCNC(=O)c3cccnc3SC)c2n1. The second kappa shape index (κ2) is 10.3. The number of thioether (sulfide) groups is 2. The summed E-state index contributed by atoms with van der Waals surface area (Å²) >= 11 is 3.07. The molecule has 0 bridgehead atoms. The van der Waals surface area contributed by atoms with E-state index in [1.54, 1.807) is 30.1 Å². The monoisotopic (exact) mass is 459 g/mol. The number of carbonyl (C=O) groups excluding carboxylic acids is 1. The van der Waals surface area contributed by atoms with Gasteiger partial charge < -0.3 is 15.0 Å². The van der Waals surface area contributed by atoms with Gasteiger partial charge in [0.2, 0.25) is 0 Å². The van der Waals surface area contributed by atoms with E-state index in [1.807, 2.05) is 17.1 Å². The fraction of sp³-hybridized carbons (Fsp3) is 0.450. The molecular weight excluding hydrogens is 434 g/mol. The van der Waals surface area contributed by atoms with Crippen LogP contribution >= 0.6 is 23.5 Å². The van der Waals surface area contributed by atoms with Gasteiger partial charge in [-0.05, 0) is 24.1 Å². The number of hydrogen-bond donors (Lipinski definition) is 1. The van der Waals surface area contributed by atoms with Crippen LogP contribution in [0.3, 0.4) is 0 Å². The van der Waals surface area contributed by atoms with E-state index in [2.05, 4.69) is 27.2 Å². The molecule has 9 nitrogen and oxygen atoms in total. The molecule has 0 atom stereocenters. The molecule has 4 rings (SSSR count). The number of morpholine rings is 1. The molecule has 0 aromatic carbocycles. The maximum absolute atomic E-state index is 12.6. The lowest BCUT2D eigenvalue weighted by molar-refractivity contribution is 0.0948. The number of rotatable bonds is 8. The number of fused-ring (bicyclic) bond motifs is 1. The number of nitrogens with zero attached hydrogens (tertiary/aromatic N) is 6. The minimum Gasteiger partial charge on any atom is -0.378 e. The van der Waals surface area contributed by atoms with Crippen LogP contribution in [0.1, 0.15) is 17.3 Å². The van der Waals surface area contributed by atoms with E-state index in [4.69, 9.17) is 14.7 Å². The fourth-order valence-corrected chi connectivity index (χ4v) is 4.50. The van der Waals surface area contributed by atoms with E-state index in [0.717, 1.165) is 40.9 Å². The molecule has 0 aliphatic carbocycles. The van der Waals surface area contributed by atoms with Gasteiger partial charge >= 0.3 is 0 Å². The van der Waals surface area contributed by atoms with Crippen LogP contribution in [0.5, 0.6) is 0 Å². The minimum atomic E-state index is -0.139. The summed E-state index contributed by atoms with van der Waals surface area (Å²) in [5.41, 5.74) is 1.37. The molecule has 4 heterocycles. The highest BCUT2D eigenvalue weighted by Gasteiger charge is 2.20. The summed E-state index contributed by atoms with van der Waals surface area (Å²) in [7, 11) is 0. The fourth-order valence-electron chi connectivity index (χ4n) is 3.39. The molecule has 1 saturated heterocycles. The third-order valence-corrected chi connectivity index (χ3v) is 6.30. The zero-order chi connectivity index (χ0) is 21.6. The van der Waals surface area contributed by atoms with Crippen molar-refractivity contribution < 1.29 is 9.53 Å². The molecule has 3 aromatic heterocycles. The molecule has 164 valence electrons. The second-order valence-corrected chi connectivity index (χ2v) is 8.81. The maximum Gasteiger partial charge on any atom is 0.254 e. The summed E-state index contributed by atoms with van der Waals surface area (Å²) in [6, 6.07) is 3.56. The van der Waals surface area contributed by atoms with Gasteiger partial charge in [-0.15, -0.1) is 11.8 Å². The smallest absolute Gasteiger partial charge is 0.254 e. The molecule has 31 heavy (non-hydrogen) atoms. The van der Waals surface area contributed by atoms with Crippen molar-refractivity contribution in [3.8, 4) is 0 Å². The molecule has 1 amide bonds. The molecule has 1 fully saturated rings. The first kappa shape index (κ1) is 21.8. The lowest BCUT2D eigenvalue weighted by atomic mass is 10.2. The van der Waals surface area contributed by atoms with E-state index in [-0.39, 0.29) is 5.91 Å². The quantitative estimate of drug-likeness (QED) is 0.402. The van der Waals surface area contributed by atoms with Crippen LogP contribution < -0.4 is 10.2 Å². The molecule has 1 aliphatic rings. The highest BCUT2D eigenvalue weighted by atomic mass is 32.2. The predicted octanol–water partition coefficient (Wildman–Crippen LogP) is 2.32. The first-order chi connectivity index (χ1) is 15.2. The third-order valence-electron chi connectivity index (χ3n) is 4.86. The molecule has 1 N–H and O–H groups in total. The van der Waals surface area contributed by atoms with Crippen molar-refractivity contribution in [1.82, 2.24) is 30.0 Å². The summed E-state index contributed by atoms with van der Waals surface area (Å²) < 4.78 is 7.32. The van der Waals surface area contributed by atoms with Gasteiger partial charge in [0.05, 0.1) is 36.9 Å². The summed E-state index contributed by atoms with van der Waals surface area (Å²) in [5.74, 6) is 1.65. The van der Waals surface area contributed by atoms with Crippen molar-refractivity contribution in [3.63, 3.8) is 0 Å². The van der Waals surface area contributed by atoms with Crippen molar-refractivity contribution in [1.29, 1.82) is 0 Å². The number of hydrogen-bond acceptors (Lipinski definition) is 9. The molecule has 1 aliphatic heterocycles. The first-order valence-corrected chi connectivity index (χ1v) is 12.4. The Morgan fingerprint density at radius 1 is 1.29 bits per heavy atom. The molecule has 0 unspecified atom stereocenters. The van der Waals surface area contributed by atoms with Crippen molar-refractivity contribution in [2.45, 2.75) is 23.7 Å². The number of aromatic nitrogens is 5. The Balaban J connectivity index is 1.52. The summed E-state index contributed by atoms with van der Waals surface area (Å²) in [4.78, 5) is 28.6. The van der Waals surface area contributed by atoms with Crippen LogP contribution in [-0.2, 0) is 11.3 Å². The number of nitrogens with one attached hydrogen (secondary N) is 1. The van der Waals surface area contributed by atoms with Gasteiger partial charge in [0.1, 0.15) is 10.8 Å². The number of amides is 1. The Bertz CT molecular complexity index is 1050. The Labute approximate surface area is 189 Å². The Kier molecular flexibility index (Phi) is 7.25. The van der Waals surface area contributed by atoms with Gasteiger partial charge in [-0.25, -0.2) is 19.6 Å². The van der Waals surface area contributed by atoms with Gasteiger partial charge in [-0.3, -0.25) is 4.79 Å². The average Bonchev–Trinajstić information content (AvgIpc) is 3.22. The van der Waals surface area contributed by atoms with E-state index in [9.17, 15) is 4.79 Å². The molecule has 0 radical (unpaired) electrons. The molecule has 0 saturated carbocycles. The maximum atomic E-state index is 12.6. The number of anilines is 1. The topological polar surface area (TPSA) is 98.1 Å². The van der Waals surface area contributed by atoms with Gasteiger partial charge in [-0.1, -0.05) is 18.7 Å². The lowest BCUT2D eigenvalue weighted by Gasteiger charge is -2.28. The second-order valence-electron chi connectivity index (χ2n) is 6.78. The van der Waals surface area contributed by atoms with Crippen molar-refractivity contribution in [2.24, 2.45) is 0 Å². The number of pyridine rings is 1. The number of carbonyl (C=O) groups is 1. The highest BCUT2D eigenvalue weighted by molar-refractivity contribution is 7.99. The van der Waals surface area contributed by atoms with Crippen LogP contribution in [0.15, 0.2) is 34.7 Å². The normalized spacial score (nSPS) is 14.2. The summed E-state index contributed by atoms with van der Waals surface area (Å²) in [6.07, 6.45) is 5.41. The Hall–Kier alpha value is -2.37. The molecule has 3 aromatic rings.